The first kappa shape index (κ1) is 12.2. The Morgan fingerprint density at radius 3 is 2.80 bits per heavy atom. The van der Waals surface area contributed by atoms with Crippen LogP contribution in [0, 0.1) is 0 Å². The van der Waals surface area contributed by atoms with Crippen LogP contribution in [-0.4, -0.2) is 13.2 Å². The van der Waals surface area contributed by atoms with Crippen LogP contribution in [0.1, 0.15) is 11.1 Å². The highest BCUT2D eigenvalue weighted by atomic mass is 35.5. The van der Waals surface area contributed by atoms with Crippen molar-refractivity contribution in [3.05, 3.63) is 29.3 Å². The van der Waals surface area contributed by atoms with Crippen molar-refractivity contribution < 1.29 is 13.5 Å². The molecule has 1 aliphatic rings. The van der Waals surface area contributed by atoms with Crippen LogP contribution in [0.25, 0.3) is 0 Å². The van der Waals surface area contributed by atoms with E-state index in [2.05, 4.69) is 0 Å². The van der Waals surface area contributed by atoms with Gasteiger partial charge in [0.25, 0.3) is 0 Å². The Kier molecular flexibility index (Phi) is 3.52. The minimum atomic E-state index is -2.85. The highest BCUT2D eigenvalue weighted by Crippen LogP contribution is 2.42. The minimum absolute atomic E-state index is 0. The number of hydrogen-bond acceptors (Lipinski definition) is 2. The van der Waals surface area contributed by atoms with Gasteiger partial charge >= 0.3 is 5.92 Å². The van der Waals surface area contributed by atoms with E-state index in [9.17, 15) is 8.78 Å². The lowest BCUT2D eigenvalue weighted by atomic mass is 10.0. The third-order valence-corrected chi connectivity index (χ3v) is 2.30. The lowest BCUT2D eigenvalue weighted by molar-refractivity contribution is -0.0214. The average Bonchev–Trinajstić information content (AvgIpc) is 2.45. The standard InChI is InChI=1S/C10H11F2NO.ClH/c11-10(12)6-14-9-7(4-5-13)2-1-3-8(9)10;/h1-3H,4-6,13H2;1H. The van der Waals surface area contributed by atoms with Crippen LogP contribution < -0.4 is 10.5 Å². The van der Waals surface area contributed by atoms with Gasteiger partial charge in [0.2, 0.25) is 0 Å². The van der Waals surface area contributed by atoms with Gasteiger partial charge in [-0.25, -0.2) is 0 Å². The summed E-state index contributed by atoms with van der Waals surface area (Å²) in [6, 6.07) is 4.79. The first-order chi connectivity index (χ1) is 6.65. The van der Waals surface area contributed by atoms with Gasteiger partial charge < -0.3 is 10.5 Å². The number of rotatable bonds is 2. The second-order valence-corrected chi connectivity index (χ2v) is 3.33. The summed E-state index contributed by atoms with van der Waals surface area (Å²) in [5.74, 6) is -2.53. The fourth-order valence-electron chi connectivity index (χ4n) is 1.64. The highest BCUT2D eigenvalue weighted by Gasteiger charge is 2.42. The Bertz CT molecular complexity index is 357. The van der Waals surface area contributed by atoms with Gasteiger partial charge in [-0.15, -0.1) is 12.4 Å². The predicted molar refractivity (Wildman–Crippen MR) is 55.8 cm³/mol. The van der Waals surface area contributed by atoms with E-state index in [4.69, 9.17) is 10.5 Å². The van der Waals surface area contributed by atoms with Gasteiger partial charge in [0.1, 0.15) is 5.75 Å². The molecule has 15 heavy (non-hydrogen) atoms. The molecule has 0 bridgehead atoms. The van der Waals surface area contributed by atoms with Gasteiger partial charge in [-0.1, -0.05) is 12.1 Å². The predicted octanol–water partition coefficient (Wildman–Crippen LogP) is 2.09. The van der Waals surface area contributed by atoms with E-state index >= 15 is 0 Å². The molecule has 2 nitrogen and oxygen atoms in total. The average molecular weight is 236 g/mol. The van der Waals surface area contributed by atoms with Crippen LogP contribution in [-0.2, 0) is 12.3 Å². The monoisotopic (exact) mass is 235 g/mol. The summed E-state index contributed by atoms with van der Waals surface area (Å²) in [6.07, 6.45) is 0.569. The number of para-hydroxylation sites is 1. The third-order valence-electron chi connectivity index (χ3n) is 2.30. The molecule has 0 saturated heterocycles. The fraction of sp³-hybridized carbons (Fsp3) is 0.400. The Morgan fingerprint density at radius 1 is 1.40 bits per heavy atom. The summed E-state index contributed by atoms with van der Waals surface area (Å²) >= 11 is 0. The first-order valence-electron chi connectivity index (χ1n) is 4.48. The minimum Gasteiger partial charge on any atom is -0.486 e. The van der Waals surface area contributed by atoms with E-state index in [0.717, 1.165) is 5.56 Å². The molecular weight excluding hydrogens is 224 g/mol. The summed E-state index contributed by atoms with van der Waals surface area (Å²) in [4.78, 5) is 0. The van der Waals surface area contributed by atoms with Crippen LogP contribution in [0.15, 0.2) is 18.2 Å². The summed E-state index contributed by atoms with van der Waals surface area (Å²) in [5.41, 5.74) is 6.13. The zero-order valence-corrected chi connectivity index (χ0v) is 8.82. The highest BCUT2D eigenvalue weighted by molar-refractivity contribution is 5.85. The Hall–Kier alpha value is -0.870. The number of alkyl halides is 2. The van der Waals surface area contributed by atoms with Crippen molar-refractivity contribution in [2.24, 2.45) is 5.73 Å². The third kappa shape index (κ3) is 2.06. The molecule has 0 aromatic heterocycles. The van der Waals surface area contributed by atoms with Crippen molar-refractivity contribution in [2.45, 2.75) is 12.3 Å². The molecule has 0 fully saturated rings. The van der Waals surface area contributed by atoms with E-state index in [-0.39, 0.29) is 18.0 Å². The number of fused-ring (bicyclic) bond motifs is 1. The van der Waals surface area contributed by atoms with Crippen LogP contribution >= 0.6 is 12.4 Å². The number of nitrogens with two attached hydrogens (primary N) is 1. The van der Waals surface area contributed by atoms with E-state index < -0.39 is 12.5 Å². The molecule has 1 heterocycles. The molecular formula is C10H12ClF2NO. The zero-order chi connectivity index (χ0) is 10.2. The van der Waals surface area contributed by atoms with Gasteiger partial charge in [0.05, 0.1) is 5.56 Å². The van der Waals surface area contributed by atoms with Gasteiger partial charge in [0, 0.05) is 0 Å². The van der Waals surface area contributed by atoms with E-state index in [0.29, 0.717) is 18.7 Å². The van der Waals surface area contributed by atoms with Gasteiger partial charge in [-0.3, -0.25) is 0 Å². The van der Waals surface area contributed by atoms with Crippen LogP contribution in [0.4, 0.5) is 8.78 Å². The van der Waals surface area contributed by atoms with Crippen molar-refractivity contribution in [3.8, 4) is 5.75 Å². The zero-order valence-electron chi connectivity index (χ0n) is 8.00. The molecule has 1 aliphatic heterocycles. The molecule has 0 spiro atoms. The number of hydrogen-bond donors (Lipinski definition) is 1. The molecule has 2 rings (SSSR count). The van der Waals surface area contributed by atoms with E-state index in [1.54, 1.807) is 12.1 Å². The number of ether oxygens (including phenoxy) is 1. The maximum atomic E-state index is 13.2. The van der Waals surface area contributed by atoms with Crippen LogP contribution in [0.2, 0.25) is 0 Å². The lowest BCUT2D eigenvalue weighted by Gasteiger charge is -2.07. The molecule has 0 radical (unpaired) electrons. The molecule has 84 valence electrons. The van der Waals surface area contributed by atoms with Crippen molar-refractivity contribution >= 4 is 12.4 Å². The summed E-state index contributed by atoms with van der Waals surface area (Å²) < 4.78 is 31.4. The molecule has 0 atom stereocenters. The molecule has 1 aromatic carbocycles. The van der Waals surface area contributed by atoms with Crippen molar-refractivity contribution in [1.82, 2.24) is 0 Å². The largest absolute Gasteiger partial charge is 0.486 e. The molecule has 0 unspecified atom stereocenters. The first-order valence-corrected chi connectivity index (χ1v) is 4.48. The van der Waals surface area contributed by atoms with Gasteiger partial charge in [0.15, 0.2) is 6.61 Å². The molecule has 0 aliphatic carbocycles. The molecule has 5 heteroatoms. The second kappa shape index (κ2) is 4.33. The number of benzene rings is 1. The molecule has 0 saturated carbocycles. The maximum Gasteiger partial charge on any atom is 0.310 e. The Morgan fingerprint density at radius 2 is 2.13 bits per heavy atom. The van der Waals surface area contributed by atoms with Crippen molar-refractivity contribution in [2.75, 3.05) is 13.2 Å². The summed E-state index contributed by atoms with van der Waals surface area (Å²) in [7, 11) is 0. The fourth-order valence-corrected chi connectivity index (χ4v) is 1.64. The van der Waals surface area contributed by atoms with Crippen LogP contribution in [0.3, 0.4) is 0 Å². The van der Waals surface area contributed by atoms with Gasteiger partial charge in [-0.05, 0) is 24.6 Å². The SMILES string of the molecule is Cl.NCCc1cccc2c1OCC2(F)F. The lowest BCUT2D eigenvalue weighted by Crippen LogP contribution is -2.14. The second-order valence-electron chi connectivity index (χ2n) is 3.33. The van der Waals surface area contributed by atoms with Crippen molar-refractivity contribution in [3.63, 3.8) is 0 Å². The Balaban J connectivity index is 0.00000112. The summed E-state index contributed by atoms with van der Waals surface area (Å²) in [5, 5.41) is 0. The summed E-state index contributed by atoms with van der Waals surface area (Å²) in [6.45, 7) is -0.116. The molecule has 2 N–H and O–H groups in total. The molecule has 1 aromatic rings. The maximum absolute atomic E-state index is 13.2. The van der Waals surface area contributed by atoms with E-state index in [1.807, 2.05) is 0 Å². The van der Waals surface area contributed by atoms with E-state index in [1.165, 1.54) is 6.07 Å². The number of halogens is 3. The van der Waals surface area contributed by atoms with Gasteiger partial charge in [-0.2, -0.15) is 8.78 Å². The normalized spacial score (nSPS) is 16.5. The Labute approximate surface area is 92.8 Å². The van der Waals surface area contributed by atoms with Crippen molar-refractivity contribution in [1.29, 1.82) is 0 Å². The van der Waals surface area contributed by atoms with Crippen LogP contribution in [0.5, 0.6) is 5.75 Å². The smallest absolute Gasteiger partial charge is 0.310 e. The molecule has 0 amide bonds. The quantitative estimate of drug-likeness (QED) is 0.852. The topological polar surface area (TPSA) is 35.2 Å².